The van der Waals surface area contributed by atoms with Crippen LogP contribution in [0.3, 0.4) is 0 Å². The van der Waals surface area contributed by atoms with Crippen molar-refractivity contribution in [1.29, 1.82) is 0 Å². The molecule has 6 rings (SSSR count). The fourth-order valence-electron chi connectivity index (χ4n) is 5.12. The zero-order valence-electron chi connectivity index (χ0n) is 21.4. The van der Waals surface area contributed by atoms with Crippen LogP contribution >= 0.6 is 0 Å². The Bertz CT molecular complexity index is 1650. The molecule has 10 nitrogen and oxygen atoms in total. The second-order valence-electron chi connectivity index (χ2n) is 10.5. The first-order valence-corrected chi connectivity index (χ1v) is 12.3. The third kappa shape index (κ3) is 3.85. The van der Waals surface area contributed by atoms with Gasteiger partial charge in [-0.1, -0.05) is 0 Å². The largest absolute Gasteiger partial charge is 0.492 e. The standard InChI is InChI=1S/C27H26FN5O5/c1-14-22(19(34)7-8-29-14)16-9-21-25(33-13-30-31-24(16)33)32(26(35)38-27(2,3)4)10-17-18(28)5-6-20-23(17)15(11-36-20)12-37-21/h5-9,13,15H,10-12H2,1-4H3,(H,29,34)/p+1/t15-/m1/s1. The summed E-state index contributed by atoms with van der Waals surface area (Å²) >= 11 is 0. The lowest BCUT2D eigenvalue weighted by atomic mass is 9.95. The Balaban J connectivity index is 1.63. The number of aryl methyl sites for hydroxylation is 1. The van der Waals surface area contributed by atoms with Gasteiger partial charge in [-0.15, -0.1) is 0 Å². The average Bonchev–Trinajstić information content (AvgIpc) is 3.49. The van der Waals surface area contributed by atoms with E-state index in [1.807, 2.05) is 0 Å². The number of aromatic nitrogens is 4. The summed E-state index contributed by atoms with van der Waals surface area (Å²) in [5, 5.41) is 7.14. The Morgan fingerprint density at radius 1 is 1.21 bits per heavy atom. The molecule has 0 fully saturated rings. The van der Waals surface area contributed by atoms with Crippen LogP contribution in [0.5, 0.6) is 11.5 Å². The monoisotopic (exact) mass is 520 g/mol. The molecular weight excluding hydrogens is 493 g/mol. The number of nitrogens with zero attached hydrogens (tertiary/aromatic N) is 3. The molecule has 2 aliphatic heterocycles. The molecule has 4 aromatic rings. The molecule has 0 spiro atoms. The Kier molecular flexibility index (Phi) is 5.41. The van der Waals surface area contributed by atoms with Gasteiger partial charge in [0.25, 0.3) is 5.82 Å². The van der Waals surface area contributed by atoms with E-state index in [-0.39, 0.29) is 24.5 Å². The molecule has 196 valence electrons. The van der Waals surface area contributed by atoms with E-state index in [9.17, 15) is 9.59 Å². The molecular formula is C27H27FN5O5+. The molecule has 2 aliphatic rings. The lowest BCUT2D eigenvalue weighted by Gasteiger charge is -2.26. The van der Waals surface area contributed by atoms with E-state index in [0.29, 0.717) is 57.5 Å². The van der Waals surface area contributed by atoms with Gasteiger partial charge in [0, 0.05) is 35.2 Å². The number of H-pyrrole nitrogens is 2. The molecule has 0 radical (unpaired) electrons. The zero-order valence-corrected chi connectivity index (χ0v) is 21.4. The summed E-state index contributed by atoms with van der Waals surface area (Å²) in [5.41, 5.74) is 2.10. The number of amides is 1. The summed E-state index contributed by atoms with van der Waals surface area (Å²) in [6.07, 6.45) is 2.39. The second-order valence-corrected chi connectivity index (χ2v) is 10.5. The minimum Gasteiger partial charge on any atom is -0.492 e. The van der Waals surface area contributed by atoms with Crippen molar-refractivity contribution in [3.05, 3.63) is 69.7 Å². The number of aromatic amines is 2. The number of nitrogens with one attached hydrogen (secondary N) is 2. The van der Waals surface area contributed by atoms with Gasteiger partial charge in [-0.3, -0.25) is 4.79 Å². The summed E-state index contributed by atoms with van der Waals surface area (Å²) in [5.74, 6) is 0.479. The van der Waals surface area contributed by atoms with Crippen molar-refractivity contribution in [1.82, 2.24) is 15.2 Å². The number of ether oxygens (including phenoxy) is 3. The Morgan fingerprint density at radius 2 is 1.97 bits per heavy atom. The summed E-state index contributed by atoms with van der Waals surface area (Å²) in [6.45, 7) is 7.45. The average molecular weight is 521 g/mol. The van der Waals surface area contributed by atoms with E-state index in [4.69, 9.17) is 14.2 Å². The minimum atomic E-state index is -0.812. The SMILES string of the molecule is Cc1[nH]ccc(=O)c1-c1cc2c([n+]3cn[nH]c13)N(C(=O)OC(C)(C)C)Cc1c(F)ccc3c1[C@H](CO3)CO2. The number of pyridine rings is 2. The van der Waals surface area contributed by atoms with Gasteiger partial charge in [-0.25, -0.2) is 14.1 Å². The highest BCUT2D eigenvalue weighted by atomic mass is 19.1. The van der Waals surface area contributed by atoms with E-state index in [2.05, 4.69) is 15.2 Å². The maximum Gasteiger partial charge on any atom is 0.461 e. The summed E-state index contributed by atoms with van der Waals surface area (Å²) in [7, 11) is 0. The van der Waals surface area contributed by atoms with Gasteiger partial charge in [0.2, 0.25) is 12.0 Å². The molecule has 0 saturated heterocycles. The topological polar surface area (TPSA) is 114 Å². The third-order valence-corrected chi connectivity index (χ3v) is 6.72. The van der Waals surface area contributed by atoms with E-state index in [0.717, 1.165) is 0 Å². The van der Waals surface area contributed by atoms with Gasteiger partial charge in [-0.05, 0) is 44.9 Å². The quantitative estimate of drug-likeness (QED) is 0.370. The van der Waals surface area contributed by atoms with Gasteiger partial charge in [-0.2, -0.15) is 9.50 Å². The fourth-order valence-corrected chi connectivity index (χ4v) is 5.12. The van der Waals surface area contributed by atoms with Crippen molar-refractivity contribution < 1.29 is 27.8 Å². The van der Waals surface area contributed by atoms with Crippen molar-refractivity contribution >= 4 is 17.6 Å². The molecule has 1 atom stereocenters. The van der Waals surface area contributed by atoms with Crippen molar-refractivity contribution in [3.63, 3.8) is 0 Å². The van der Waals surface area contributed by atoms with Crippen LogP contribution in [0.25, 0.3) is 16.8 Å². The number of fused-ring (bicyclic) bond motifs is 3. The fraction of sp³-hybridized carbons (Fsp3) is 0.333. The number of rotatable bonds is 1. The van der Waals surface area contributed by atoms with Gasteiger partial charge < -0.3 is 19.2 Å². The Hall–Kier alpha value is -4.41. The molecule has 38 heavy (non-hydrogen) atoms. The number of halogens is 1. The second kappa shape index (κ2) is 8.57. The van der Waals surface area contributed by atoms with E-state index in [1.165, 1.54) is 23.4 Å². The first kappa shape index (κ1) is 24.0. The summed E-state index contributed by atoms with van der Waals surface area (Å²) in [4.78, 5) is 31.0. The van der Waals surface area contributed by atoms with Gasteiger partial charge in [0.15, 0.2) is 11.2 Å². The van der Waals surface area contributed by atoms with Crippen molar-refractivity contribution in [3.8, 4) is 22.6 Å². The number of hydrogen-bond acceptors (Lipinski definition) is 6. The molecule has 1 amide bonds. The van der Waals surface area contributed by atoms with Crippen molar-refractivity contribution in [2.24, 2.45) is 0 Å². The van der Waals surface area contributed by atoms with Crippen LogP contribution in [-0.2, 0) is 11.3 Å². The molecule has 1 aromatic carbocycles. The molecule has 2 N–H and O–H groups in total. The predicted octanol–water partition coefficient (Wildman–Crippen LogP) is 3.76. The van der Waals surface area contributed by atoms with Crippen LogP contribution in [0, 0.1) is 12.7 Å². The number of anilines is 1. The van der Waals surface area contributed by atoms with E-state index in [1.54, 1.807) is 50.4 Å². The van der Waals surface area contributed by atoms with E-state index >= 15 is 4.39 Å². The van der Waals surface area contributed by atoms with Crippen LogP contribution in [0.15, 0.2) is 41.6 Å². The number of carbonyl (C=O) groups is 1. The van der Waals surface area contributed by atoms with Gasteiger partial charge in [0.1, 0.15) is 17.2 Å². The van der Waals surface area contributed by atoms with Crippen LogP contribution in [0.1, 0.15) is 43.5 Å². The minimum absolute atomic E-state index is 0.127. The smallest absolute Gasteiger partial charge is 0.461 e. The van der Waals surface area contributed by atoms with Crippen LogP contribution in [0.2, 0.25) is 0 Å². The maximum absolute atomic E-state index is 15.3. The molecule has 0 aliphatic carbocycles. The number of hydrogen-bond donors (Lipinski definition) is 2. The summed E-state index contributed by atoms with van der Waals surface area (Å²) in [6, 6.07) is 6.10. The first-order valence-electron chi connectivity index (χ1n) is 12.3. The summed E-state index contributed by atoms with van der Waals surface area (Å²) < 4.78 is 34.9. The molecule has 11 heteroatoms. The normalized spacial score (nSPS) is 16.6. The molecule has 5 heterocycles. The van der Waals surface area contributed by atoms with Crippen molar-refractivity contribution in [2.75, 3.05) is 18.1 Å². The lowest BCUT2D eigenvalue weighted by Crippen LogP contribution is -2.42. The lowest BCUT2D eigenvalue weighted by molar-refractivity contribution is -0.498. The van der Waals surface area contributed by atoms with Crippen LogP contribution < -0.4 is 24.2 Å². The van der Waals surface area contributed by atoms with Crippen LogP contribution in [-0.4, -0.2) is 40.1 Å². The van der Waals surface area contributed by atoms with Gasteiger partial charge >= 0.3 is 6.09 Å². The van der Waals surface area contributed by atoms with E-state index < -0.39 is 17.5 Å². The zero-order chi connectivity index (χ0) is 26.8. The molecule has 3 aromatic heterocycles. The predicted molar refractivity (Wildman–Crippen MR) is 135 cm³/mol. The Morgan fingerprint density at radius 3 is 2.71 bits per heavy atom. The van der Waals surface area contributed by atoms with Gasteiger partial charge in [0.05, 0.1) is 36.8 Å². The number of carbonyl (C=O) groups excluding carboxylic acids is 1. The first-order chi connectivity index (χ1) is 18.1. The third-order valence-electron chi connectivity index (χ3n) is 6.72. The molecule has 0 bridgehead atoms. The number of benzene rings is 1. The highest BCUT2D eigenvalue weighted by Gasteiger charge is 2.39. The maximum atomic E-state index is 15.3. The molecule has 0 unspecified atom stereocenters. The Labute approximate surface area is 217 Å². The highest BCUT2D eigenvalue weighted by molar-refractivity contribution is 5.89. The van der Waals surface area contributed by atoms with Crippen molar-refractivity contribution in [2.45, 2.75) is 45.8 Å². The van der Waals surface area contributed by atoms with Crippen LogP contribution in [0.4, 0.5) is 15.0 Å². The highest BCUT2D eigenvalue weighted by Crippen LogP contribution is 2.42. The molecule has 0 saturated carbocycles.